The molecular formula is C16H32N4O2S. The average Bonchev–Trinajstić information content (AvgIpc) is 2.55. The van der Waals surface area contributed by atoms with E-state index in [9.17, 15) is 8.42 Å². The Kier molecular flexibility index (Phi) is 5.33. The van der Waals surface area contributed by atoms with E-state index in [1.807, 2.05) is 0 Å². The van der Waals surface area contributed by atoms with E-state index in [1.54, 1.807) is 8.61 Å². The van der Waals surface area contributed by atoms with Crippen LogP contribution >= 0.6 is 0 Å². The molecule has 0 aromatic carbocycles. The van der Waals surface area contributed by atoms with Gasteiger partial charge in [-0.2, -0.15) is 17.0 Å². The van der Waals surface area contributed by atoms with Gasteiger partial charge in [-0.3, -0.25) is 4.90 Å². The molecular weight excluding hydrogens is 312 g/mol. The van der Waals surface area contributed by atoms with Gasteiger partial charge >= 0.3 is 0 Å². The van der Waals surface area contributed by atoms with Crippen LogP contribution in [-0.2, 0) is 10.2 Å². The second-order valence-corrected chi connectivity index (χ2v) is 9.92. The highest BCUT2D eigenvalue weighted by Crippen LogP contribution is 2.32. The molecule has 7 heteroatoms. The molecule has 0 radical (unpaired) electrons. The Hall–Kier alpha value is -0.210. The Labute approximate surface area is 141 Å². The van der Waals surface area contributed by atoms with Crippen LogP contribution < -0.4 is 5.32 Å². The Bertz CT molecular complexity index is 484. The molecule has 134 valence electrons. The van der Waals surface area contributed by atoms with E-state index in [1.165, 1.54) is 0 Å². The van der Waals surface area contributed by atoms with E-state index >= 15 is 0 Å². The fourth-order valence-corrected chi connectivity index (χ4v) is 5.61. The van der Waals surface area contributed by atoms with Gasteiger partial charge in [0.05, 0.1) is 0 Å². The fraction of sp³-hybridized carbons (Fsp3) is 1.00. The van der Waals surface area contributed by atoms with Crippen molar-refractivity contribution in [2.75, 3.05) is 52.4 Å². The van der Waals surface area contributed by atoms with Gasteiger partial charge in [-0.05, 0) is 31.1 Å². The third-order valence-electron chi connectivity index (χ3n) is 5.82. The van der Waals surface area contributed by atoms with Crippen molar-refractivity contribution in [2.24, 2.45) is 5.41 Å². The third-order valence-corrected chi connectivity index (χ3v) is 7.86. The van der Waals surface area contributed by atoms with E-state index < -0.39 is 10.2 Å². The number of nitrogens with one attached hydrogen (secondary N) is 1. The molecule has 0 aromatic rings. The first-order valence-electron chi connectivity index (χ1n) is 9.08. The summed E-state index contributed by atoms with van der Waals surface area (Å²) in [6.45, 7) is 11.5. The van der Waals surface area contributed by atoms with Crippen LogP contribution in [0.25, 0.3) is 0 Å². The zero-order valence-electron chi connectivity index (χ0n) is 14.6. The van der Waals surface area contributed by atoms with Gasteiger partial charge in [0.2, 0.25) is 0 Å². The molecule has 0 spiro atoms. The molecule has 1 N–H and O–H groups in total. The van der Waals surface area contributed by atoms with Crippen LogP contribution in [-0.4, -0.2) is 80.3 Å². The number of piperazine rings is 1. The molecule has 23 heavy (non-hydrogen) atoms. The minimum atomic E-state index is -3.25. The molecule has 6 nitrogen and oxygen atoms in total. The monoisotopic (exact) mass is 344 g/mol. The highest BCUT2D eigenvalue weighted by molar-refractivity contribution is 7.86. The number of hydrogen-bond donors (Lipinski definition) is 1. The summed E-state index contributed by atoms with van der Waals surface area (Å²) in [5, 5.41) is 3.38. The summed E-state index contributed by atoms with van der Waals surface area (Å²) in [5.41, 5.74) is 0.279. The number of hydrogen-bond acceptors (Lipinski definition) is 4. The van der Waals surface area contributed by atoms with Crippen LogP contribution in [0, 0.1) is 5.41 Å². The summed E-state index contributed by atoms with van der Waals surface area (Å²) in [6.07, 6.45) is 3.87. The van der Waals surface area contributed by atoms with E-state index in [2.05, 4.69) is 24.1 Å². The highest BCUT2D eigenvalue weighted by atomic mass is 32.2. The van der Waals surface area contributed by atoms with Crippen LogP contribution in [0.2, 0.25) is 0 Å². The number of piperidine rings is 2. The summed E-state index contributed by atoms with van der Waals surface area (Å²) in [5.74, 6) is 0. The van der Waals surface area contributed by atoms with Crippen molar-refractivity contribution in [3.8, 4) is 0 Å². The molecule has 3 heterocycles. The minimum absolute atomic E-state index is 0.279. The van der Waals surface area contributed by atoms with Crippen molar-refractivity contribution in [2.45, 2.75) is 45.6 Å². The third kappa shape index (κ3) is 4.07. The molecule has 0 amide bonds. The van der Waals surface area contributed by atoms with E-state index in [0.29, 0.717) is 32.2 Å². The van der Waals surface area contributed by atoms with Crippen molar-refractivity contribution in [1.29, 1.82) is 0 Å². The van der Waals surface area contributed by atoms with Crippen molar-refractivity contribution in [1.82, 2.24) is 18.8 Å². The molecule has 0 aliphatic carbocycles. The van der Waals surface area contributed by atoms with Gasteiger partial charge in [-0.15, -0.1) is 0 Å². The van der Waals surface area contributed by atoms with Crippen molar-refractivity contribution < 1.29 is 8.42 Å². The van der Waals surface area contributed by atoms with Gasteiger partial charge in [0.25, 0.3) is 10.2 Å². The lowest BCUT2D eigenvalue weighted by molar-refractivity contribution is 0.120. The Balaban J connectivity index is 1.54. The summed E-state index contributed by atoms with van der Waals surface area (Å²) >= 11 is 0. The van der Waals surface area contributed by atoms with Crippen LogP contribution in [0.3, 0.4) is 0 Å². The summed E-state index contributed by atoms with van der Waals surface area (Å²) in [6, 6.07) is 0.559. The molecule has 0 atom stereocenters. The van der Waals surface area contributed by atoms with Crippen LogP contribution in [0.5, 0.6) is 0 Å². The van der Waals surface area contributed by atoms with Crippen LogP contribution in [0.4, 0.5) is 0 Å². The number of nitrogens with zero attached hydrogens (tertiary/aromatic N) is 3. The van der Waals surface area contributed by atoms with Gasteiger partial charge in [0.1, 0.15) is 0 Å². The molecule has 3 aliphatic rings. The number of rotatable bonds is 3. The standard InChI is InChI=1S/C16H32N4O2S/c1-16(2)5-11-20(12-6-16)23(21,22)19-9-3-15(4-10-19)18-13-7-17-8-14-18/h15,17H,3-14H2,1-2H3. The van der Waals surface area contributed by atoms with Crippen LogP contribution in [0.15, 0.2) is 0 Å². The van der Waals surface area contributed by atoms with Crippen molar-refractivity contribution >= 4 is 10.2 Å². The first-order valence-corrected chi connectivity index (χ1v) is 10.5. The van der Waals surface area contributed by atoms with Crippen LogP contribution in [0.1, 0.15) is 39.5 Å². The molecule has 0 saturated carbocycles. The Morgan fingerprint density at radius 1 is 0.870 bits per heavy atom. The fourth-order valence-electron chi connectivity index (χ4n) is 3.97. The average molecular weight is 345 g/mol. The predicted octanol–water partition coefficient (Wildman–Crippen LogP) is 0.723. The summed E-state index contributed by atoms with van der Waals surface area (Å²) in [7, 11) is -3.25. The molecule has 3 aliphatic heterocycles. The molecule has 3 fully saturated rings. The van der Waals surface area contributed by atoms with Gasteiger partial charge in [-0.25, -0.2) is 0 Å². The van der Waals surface area contributed by atoms with E-state index in [0.717, 1.165) is 51.9 Å². The van der Waals surface area contributed by atoms with Gasteiger partial charge in [0.15, 0.2) is 0 Å². The minimum Gasteiger partial charge on any atom is -0.314 e. The SMILES string of the molecule is CC1(C)CCN(S(=O)(=O)N2CCC(N3CCNCC3)CC2)CC1. The largest absolute Gasteiger partial charge is 0.314 e. The maximum absolute atomic E-state index is 12.9. The first kappa shape index (κ1) is 17.6. The molecule has 0 bridgehead atoms. The molecule has 0 aromatic heterocycles. The summed E-state index contributed by atoms with van der Waals surface area (Å²) in [4.78, 5) is 2.53. The van der Waals surface area contributed by atoms with Gasteiger partial charge < -0.3 is 5.32 Å². The summed E-state index contributed by atoms with van der Waals surface area (Å²) < 4.78 is 29.2. The topological polar surface area (TPSA) is 55.9 Å². The normalized spacial score (nSPS) is 29.7. The smallest absolute Gasteiger partial charge is 0.281 e. The second kappa shape index (κ2) is 6.96. The highest BCUT2D eigenvalue weighted by Gasteiger charge is 2.37. The van der Waals surface area contributed by atoms with E-state index in [4.69, 9.17) is 0 Å². The predicted molar refractivity (Wildman–Crippen MR) is 92.5 cm³/mol. The molecule has 3 saturated heterocycles. The zero-order chi connectivity index (χ0) is 16.5. The quantitative estimate of drug-likeness (QED) is 0.820. The lowest BCUT2D eigenvalue weighted by Crippen LogP contribution is -2.55. The van der Waals surface area contributed by atoms with Crippen molar-refractivity contribution in [3.05, 3.63) is 0 Å². The maximum Gasteiger partial charge on any atom is 0.281 e. The lowest BCUT2D eigenvalue weighted by Gasteiger charge is -2.42. The first-order chi connectivity index (χ1) is 10.9. The molecule has 0 unspecified atom stereocenters. The Morgan fingerprint density at radius 2 is 1.39 bits per heavy atom. The lowest BCUT2D eigenvalue weighted by atomic mass is 9.83. The van der Waals surface area contributed by atoms with Gasteiger partial charge in [0, 0.05) is 58.4 Å². The molecule has 3 rings (SSSR count). The zero-order valence-corrected chi connectivity index (χ0v) is 15.4. The maximum atomic E-state index is 12.9. The van der Waals surface area contributed by atoms with Gasteiger partial charge in [-0.1, -0.05) is 13.8 Å². The second-order valence-electron chi connectivity index (χ2n) is 7.99. The van der Waals surface area contributed by atoms with Crippen molar-refractivity contribution in [3.63, 3.8) is 0 Å². The van der Waals surface area contributed by atoms with E-state index in [-0.39, 0.29) is 5.41 Å². The Morgan fingerprint density at radius 3 is 1.96 bits per heavy atom.